The largest absolute Gasteiger partial charge is 0.350 e. The lowest BCUT2D eigenvalue weighted by molar-refractivity contribution is 0.00930. The minimum atomic E-state index is 0.204. The molecule has 0 amide bonds. The molecule has 0 aromatic rings. The fourth-order valence-corrected chi connectivity index (χ4v) is 1.40. The van der Waals surface area contributed by atoms with Crippen LogP contribution in [0.2, 0.25) is 0 Å². The van der Waals surface area contributed by atoms with Crippen LogP contribution >= 0.6 is 0 Å². The standard InChI is InChI=1S/C8H16O2/c1-6-7(8(2,3)4)10-5-9-6/h6-7H,5H2,1-4H3/t6-,7+/m0/s1. The Morgan fingerprint density at radius 2 is 1.80 bits per heavy atom. The first-order valence-corrected chi connectivity index (χ1v) is 3.75. The number of ether oxygens (including phenoxy) is 2. The Morgan fingerprint density at radius 3 is 2.00 bits per heavy atom. The van der Waals surface area contributed by atoms with Gasteiger partial charge in [-0.3, -0.25) is 0 Å². The zero-order chi connectivity index (χ0) is 7.78. The van der Waals surface area contributed by atoms with Crippen molar-refractivity contribution < 1.29 is 9.47 Å². The van der Waals surface area contributed by atoms with Gasteiger partial charge < -0.3 is 9.47 Å². The van der Waals surface area contributed by atoms with E-state index in [1.807, 2.05) is 0 Å². The van der Waals surface area contributed by atoms with E-state index in [0.717, 1.165) is 0 Å². The Balaban J connectivity index is 2.55. The minimum absolute atomic E-state index is 0.204. The van der Waals surface area contributed by atoms with Crippen LogP contribution in [0.4, 0.5) is 0 Å². The van der Waals surface area contributed by atoms with E-state index < -0.39 is 0 Å². The molecule has 10 heavy (non-hydrogen) atoms. The third-order valence-corrected chi connectivity index (χ3v) is 1.86. The molecular weight excluding hydrogens is 128 g/mol. The average molecular weight is 144 g/mol. The third kappa shape index (κ3) is 1.50. The van der Waals surface area contributed by atoms with Gasteiger partial charge >= 0.3 is 0 Å². The molecule has 2 nitrogen and oxygen atoms in total. The molecule has 0 aromatic carbocycles. The zero-order valence-corrected chi connectivity index (χ0v) is 7.18. The minimum Gasteiger partial charge on any atom is -0.350 e. The van der Waals surface area contributed by atoms with Crippen LogP contribution in [0.15, 0.2) is 0 Å². The van der Waals surface area contributed by atoms with Crippen LogP contribution in [0, 0.1) is 5.41 Å². The smallest absolute Gasteiger partial charge is 0.147 e. The van der Waals surface area contributed by atoms with Crippen LogP contribution in [0.1, 0.15) is 27.7 Å². The molecule has 0 spiro atoms. The number of hydrogen-bond acceptors (Lipinski definition) is 2. The molecule has 1 heterocycles. The van der Waals surface area contributed by atoms with Crippen LogP contribution in [0.5, 0.6) is 0 Å². The Morgan fingerprint density at radius 1 is 1.20 bits per heavy atom. The average Bonchev–Trinajstić information content (AvgIpc) is 2.11. The van der Waals surface area contributed by atoms with Crippen molar-refractivity contribution in [1.82, 2.24) is 0 Å². The molecule has 1 saturated heterocycles. The van der Waals surface area contributed by atoms with Crippen molar-refractivity contribution in [2.45, 2.75) is 39.9 Å². The Labute approximate surface area is 62.5 Å². The van der Waals surface area contributed by atoms with Crippen LogP contribution in [-0.4, -0.2) is 19.0 Å². The van der Waals surface area contributed by atoms with Gasteiger partial charge in [-0.1, -0.05) is 20.8 Å². The van der Waals surface area contributed by atoms with Gasteiger partial charge in [0.25, 0.3) is 0 Å². The van der Waals surface area contributed by atoms with Crippen LogP contribution < -0.4 is 0 Å². The molecule has 1 aliphatic heterocycles. The van der Waals surface area contributed by atoms with Crippen molar-refractivity contribution in [3.05, 3.63) is 0 Å². The van der Waals surface area contributed by atoms with Crippen molar-refractivity contribution in [1.29, 1.82) is 0 Å². The molecule has 60 valence electrons. The first-order valence-electron chi connectivity index (χ1n) is 3.75. The molecule has 2 heteroatoms. The van der Waals surface area contributed by atoms with Crippen LogP contribution in [0.3, 0.4) is 0 Å². The highest BCUT2D eigenvalue weighted by atomic mass is 16.7. The summed E-state index contributed by atoms with van der Waals surface area (Å²) in [5.74, 6) is 0. The van der Waals surface area contributed by atoms with Gasteiger partial charge in [-0.25, -0.2) is 0 Å². The Kier molecular flexibility index (Phi) is 2.02. The highest BCUT2D eigenvalue weighted by Gasteiger charge is 2.35. The summed E-state index contributed by atoms with van der Waals surface area (Å²) >= 11 is 0. The van der Waals surface area contributed by atoms with Crippen molar-refractivity contribution in [2.24, 2.45) is 5.41 Å². The quantitative estimate of drug-likeness (QED) is 0.516. The van der Waals surface area contributed by atoms with Gasteiger partial charge in [0.15, 0.2) is 0 Å². The molecule has 1 fully saturated rings. The molecule has 2 atom stereocenters. The number of rotatable bonds is 0. The maximum Gasteiger partial charge on any atom is 0.147 e. The summed E-state index contributed by atoms with van der Waals surface area (Å²) in [5.41, 5.74) is 0.204. The molecule has 0 aromatic heterocycles. The van der Waals surface area contributed by atoms with Gasteiger partial charge in [0.1, 0.15) is 6.79 Å². The summed E-state index contributed by atoms with van der Waals surface area (Å²) in [4.78, 5) is 0. The lowest BCUT2D eigenvalue weighted by atomic mass is 9.86. The van der Waals surface area contributed by atoms with E-state index in [1.54, 1.807) is 0 Å². The predicted octanol–water partition coefficient (Wildman–Crippen LogP) is 1.79. The van der Waals surface area contributed by atoms with E-state index >= 15 is 0 Å². The van der Waals surface area contributed by atoms with Crippen molar-refractivity contribution >= 4 is 0 Å². The van der Waals surface area contributed by atoms with E-state index in [0.29, 0.717) is 6.79 Å². The lowest BCUT2D eigenvalue weighted by Crippen LogP contribution is -2.33. The second-order valence-corrected chi connectivity index (χ2v) is 3.94. The molecule has 0 bridgehead atoms. The first-order chi connectivity index (χ1) is 4.52. The first kappa shape index (κ1) is 8.02. The van der Waals surface area contributed by atoms with Gasteiger partial charge in [-0.05, 0) is 12.3 Å². The molecule has 1 rings (SSSR count). The second kappa shape index (κ2) is 2.51. The van der Waals surface area contributed by atoms with Gasteiger partial charge in [0.2, 0.25) is 0 Å². The molecule has 0 radical (unpaired) electrons. The van der Waals surface area contributed by atoms with Gasteiger partial charge in [0.05, 0.1) is 12.2 Å². The molecule has 0 unspecified atom stereocenters. The van der Waals surface area contributed by atoms with E-state index in [1.165, 1.54) is 0 Å². The normalized spacial score (nSPS) is 34.8. The Hall–Kier alpha value is -0.0800. The lowest BCUT2D eigenvalue weighted by Gasteiger charge is -2.27. The summed E-state index contributed by atoms with van der Waals surface area (Å²) in [6.45, 7) is 9.03. The highest BCUT2D eigenvalue weighted by molar-refractivity contribution is 4.81. The van der Waals surface area contributed by atoms with Crippen molar-refractivity contribution in [3.63, 3.8) is 0 Å². The van der Waals surface area contributed by atoms with Crippen LogP contribution in [-0.2, 0) is 9.47 Å². The van der Waals surface area contributed by atoms with Crippen LogP contribution in [0.25, 0.3) is 0 Å². The summed E-state index contributed by atoms with van der Waals surface area (Å²) in [6, 6.07) is 0. The SMILES string of the molecule is C[C@@H]1OCO[C@H]1C(C)(C)C. The monoisotopic (exact) mass is 144 g/mol. The fourth-order valence-electron chi connectivity index (χ4n) is 1.40. The van der Waals surface area contributed by atoms with Gasteiger partial charge in [-0.15, -0.1) is 0 Å². The highest BCUT2D eigenvalue weighted by Crippen LogP contribution is 2.29. The predicted molar refractivity (Wildman–Crippen MR) is 39.7 cm³/mol. The van der Waals surface area contributed by atoms with Gasteiger partial charge in [0, 0.05) is 0 Å². The molecule has 1 aliphatic rings. The number of hydrogen-bond donors (Lipinski definition) is 0. The molecular formula is C8H16O2. The molecule has 0 N–H and O–H groups in total. The maximum absolute atomic E-state index is 5.41. The van der Waals surface area contributed by atoms with Crippen molar-refractivity contribution in [2.75, 3.05) is 6.79 Å². The third-order valence-electron chi connectivity index (χ3n) is 1.86. The van der Waals surface area contributed by atoms with E-state index in [2.05, 4.69) is 27.7 Å². The zero-order valence-electron chi connectivity index (χ0n) is 7.18. The summed E-state index contributed by atoms with van der Waals surface area (Å²) < 4.78 is 10.7. The van der Waals surface area contributed by atoms with E-state index in [9.17, 15) is 0 Å². The molecule has 0 aliphatic carbocycles. The topological polar surface area (TPSA) is 18.5 Å². The Bertz CT molecular complexity index is 115. The van der Waals surface area contributed by atoms with Crippen molar-refractivity contribution in [3.8, 4) is 0 Å². The molecule has 0 saturated carbocycles. The maximum atomic E-state index is 5.41. The van der Waals surface area contributed by atoms with E-state index in [-0.39, 0.29) is 17.6 Å². The summed E-state index contributed by atoms with van der Waals surface area (Å²) in [5, 5.41) is 0. The fraction of sp³-hybridized carbons (Fsp3) is 1.00. The summed E-state index contributed by atoms with van der Waals surface area (Å²) in [7, 11) is 0. The summed E-state index contributed by atoms with van der Waals surface area (Å²) in [6.07, 6.45) is 0.507. The van der Waals surface area contributed by atoms with Gasteiger partial charge in [-0.2, -0.15) is 0 Å². The second-order valence-electron chi connectivity index (χ2n) is 3.94. The van der Waals surface area contributed by atoms with E-state index in [4.69, 9.17) is 9.47 Å².